The minimum atomic E-state index is -0.191. The van der Waals surface area contributed by atoms with Crippen LogP contribution in [-0.2, 0) is 6.54 Å². The molecule has 1 aromatic carbocycles. The van der Waals surface area contributed by atoms with E-state index >= 15 is 0 Å². The van der Waals surface area contributed by atoms with Crippen LogP contribution in [-0.4, -0.2) is 11.5 Å². The van der Waals surface area contributed by atoms with Crippen molar-refractivity contribution in [3.63, 3.8) is 0 Å². The first-order valence-corrected chi connectivity index (χ1v) is 6.62. The molecule has 1 N–H and O–H groups in total. The van der Waals surface area contributed by atoms with Crippen LogP contribution < -0.4 is 5.32 Å². The Morgan fingerprint density at radius 1 is 1.21 bits per heavy atom. The van der Waals surface area contributed by atoms with Crippen molar-refractivity contribution in [3.8, 4) is 11.1 Å². The summed E-state index contributed by atoms with van der Waals surface area (Å²) in [7, 11) is 0. The van der Waals surface area contributed by atoms with Crippen molar-refractivity contribution in [2.75, 3.05) is 6.54 Å². The summed E-state index contributed by atoms with van der Waals surface area (Å²) in [4.78, 5) is 4.11. The molecule has 2 aromatic rings. The summed E-state index contributed by atoms with van der Waals surface area (Å²) in [6, 6.07) is 7.33. The third-order valence-electron chi connectivity index (χ3n) is 2.98. The van der Waals surface area contributed by atoms with E-state index in [-0.39, 0.29) is 5.82 Å². The molecule has 0 fully saturated rings. The molecule has 0 amide bonds. The molecule has 0 saturated heterocycles. The molecule has 2 rings (SSSR count). The van der Waals surface area contributed by atoms with Gasteiger partial charge in [0.05, 0.1) is 0 Å². The average Bonchev–Trinajstić information content (AvgIpc) is 2.39. The molecule has 0 spiro atoms. The maximum Gasteiger partial charge on any atom is 0.131 e. The fourth-order valence-corrected chi connectivity index (χ4v) is 2.01. The molecular formula is C16H19FN2. The molecule has 0 aliphatic carbocycles. The van der Waals surface area contributed by atoms with Crippen molar-refractivity contribution in [3.05, 3.63) is 53.6 Å². The lowest BCUT2D eigenvalue weighted by Crippen LogP contribution is -2.13. The molecule has 0 atom stereocenters. The molecule has 0 bridgehead atoms. The van der Waals surface area contributed by atoms with E-state index in [9.17, 15) is 4.39 Å². The first-order valence-electron chi connectivity index (χ1n) is 6.62. The molecule has 2 nitrogen and oxygen atoms in total. The molecule has 0 saturated carbocycles. The monoisotopic (exact) mass is 258 g/mol. The number of rotatable bonds is 5. The second-order valence-corrected chi connectivity index (χ2v) is 4.74. The fourth-order valence-electron chi connectivity index (χ4n) is 2.01. The van der Waals surface area contributed by atoms with E-state index in [0.29, 0.717) is 12.1 Å². The van der Waals surface area contributed by atoms with Crippen LogP contribution in [0.4, 0.5) is 4.39 Å². The molecule has 0 radical (unpaired) electrons. The summed E-state index contributed by atoms with van der Waals surface area (Å²) in [6.07, 6.45) is 4.54. The van der Waals surface area contributed by atoms with E-state index in [4.69, 9.17) is 0 Å². The average molecular weight is 258 g/mol. The van der Waals surface area contributed by atoms with Gasteiger partial charge in [-0.15, -0.1) is 0 Å². The Kier molecular flexibility index (Phi) is 4.63. The standard InChI is InChI=1S/C16H19FN2/c1-3-6-18-10-13-4-5-15(16(17)8-13)14-7-12(2)9-19-11-14/h4-5,7-9,11,18H,3,6,10H2,1-2H3. The second kappa shape index (κ2) is 6.43. The van der Waals surface area contributed by atoms with Gasteiger partial charge in [-0.3, -0.25) is 4.98 Å². The van der Waals surface area contributed by atoms with Gasteiger partial charge >= 0.3 is 0 Å². The van der Waals surface area contributed by atoms with Gasteiger partial charge in [-0.2, -0.15) is 0 Å². The molecule has 1 aromatic heterocycles. The Morgan fingerprint density at radius 3 is 2.74 bits per heavy atom. The topological polar surface area (TPSA) is 24.9 Å². The lowest BCUT2D eigenvalue weighted by Gasteiger charge is -2.07. The van der Waals surface area contributed by atoms with Gasteiger partial charge in [0.15, 0.2) is 0 Å². The number of hydrogen-bond acceptors (Lipinski definition) is 2. The van der Waals surface area contributed by atoms with Crippen LogP contribution in [0.1, 0.15) is 24.5 Å². The van der Waals surface area contributed by atoms with E-state index in [1.54, 1.807) is 18.5 Å². The number of hydrogen-bond donors (Lipinski definition) is 1. The third kappa shape index (κ3) is 3.61. The third-order valence-corrected chi connectivity index (χ3v) is 2.98. The lowest BCUT2D eigenvalue weighted by molar-refractivity contribution is 0.622. The lowest BCUT2D eigenvalue weighted by atomic mass is 10.0. The van der Waals surface area contributed by atoms with Crippen LogP contribution in [0.5, 0.6) is 0 Å². The van der Waals surface area contributed by atoms with Crippen molar-refractivity contribution in [1.82, 2.24) is 10.3 Å². The maximum atomic E-state index is 14.1. The summed E-state index contributed by atoms with van der Waals surface area (Å²) in [5, 5.41) is 3.27. The van der Waals surface area contributed by atoms with E-state index in [1.165, 1.54) is 0 Å². The zero-order chi connectivity index (χ0) is 13.7. The van der Waals surface area contributed by atoms with E-state index in [1.807, 2.05) is 25.1 Å². The molecule has 0 unspecified atom stereocenters. The van der Waals surface area contributed by atoms with E-state index in [2.05, 4.69) is 17.2 Å². The van der Waals surface area contributed by atoms with Gasteiger partial charge in [-0.1, -0.05) is 19.1 Å². The number of benzene rings is 1. The summed E-state index contributed by atoms with van der Waals surface area (Å²) in [5.41, 5.74) is 3.43. The van der Waals surface area contributed by atoms with Crippen molar-refractivity contribution in [2.24, 2.45) is 0 Å². The van der Waals surface area contributed by atoms with Crippen LogP contribution in [0.15, 0.2) is 36.7 Å². The van der Waals surface area contributed by atoms with Crippen molar-refractivity contribution < 1.29 is 4.39 Å². The molecule has 100 valence electrons. The minimum Gasteiger partial charge on any atom is -0.313 e. The fraction of sp³-hybridized carbons (Fsp3) is 0.312. The highest BCUT2D eigenvalue weighted by Crippen LogP contribution is 2.23. The van der Waals surface area contributed by atoms with Crippen LogP contribution in [0.2, 0.25) is 0 Å². The minimum absolute atomic E-state index is 0.191. The van der Waals surface area contributed by atoms with Crippen LogP contribution >= 0.6 is 0 Å². The molecule has 1 heterocycles. The first-order chi connectivity index (χ1) is 9.20. The van der Waals surface area contributed by atoms with Gasteiger partial charge in [0, 0.05) is 30.1 Å². The normalized spacial score (nSPS) is 10.7. The molecular weight excluding hydrogens is 239 g/mol. The van der Waals surface area contributed by atoms with E-state index in [0.717, 1.165) is 29.7 Å². The van der Waals surface area contributed by atoms with E-state index < -0.39 is 0 Å². The zero-order valence-corrected chi connectivity index (χ0v) is 11.4. The Bertz CT molecular complexity index is 552. The van der Waals surface area contributed by atoms with Gasteiger partial charge in [-0.05, 0) is 43.1 Å². The number of nitrogens with zero attached hydrogens (tertiary/aromatic N) is 1. The van der Waals surface area contributed by atoms with Gasteiger partial charge in [0.2, 0.25) is 0 Å². The maximum absolute atomic E-state index is 14.1. The van der Waals surface area contributed by atoms with Crippen LogP contribution in [0.25, 0.3) is 11.1 Å². The molecule has 0 aliphatic heterocycles. The number of pyridine rings is 1. The summed E-state index contributed by atoms with van der Waals surface area (Å²) >= 11 is 0. The Morgan fingerprint density at radius 2 is 2.05 bits per heavy atom. The van der Waals surface area contributed by atoms with Crippen molar-refractivity contribution in [1.29, 1.82) is 0 Å². The highest BCUT2D eigenvalue weighted by Gasteiger charge is 2.06. The largest absolute Gasteiger partial charge is 0.313 e. The number of aromatic nitrogens is 1. The van der Waals surface area contributed by atoms with Gasteiger partial charge < -0.3 is 5.32 Å². The number of halogens is 1. The highest BCUT2D eigenvalue weighted by atomic mass is 19.1. The summed E-state index contributed by atoms with van der Waals surface area (Å²) in [5.74, 6) is -0.191. The summed E-state index contributed by atoms with van der Waals surface area (Å²) in [6.45, 7) is 5.72. The van der Waals surface area contributed by atoms with Gasteiger partial charge in [-0.25, -0.2) is 4.39 Å². The molecule has 0 aliphatic rings. The Labute approximate surface area is 113 Å². The van der Waals surface area contributed by atoms with Crippen molar-refractivity contribution in [2.45, 2.75) is 26.8 Å². The summed E-state index contributed by atoms with van der Waals surface area (Å²) < 4.78 is 14.1. The SMILES string of the molecule is CCCNCc1ccc(-c2cncc(C)c2)c(F)c1. The zero-order valence-electron chi connectivity index (χ0n) is 11.4. The highest BCUT2D eigenvalue weighted by molar-refractivity contribution is 5.64. The molecule has 19 heavy (non-hydrogen) atoms. The number of aryl methyl sites for hydroxylation is 1. The smallest absolute Gasteiger partial charge is 0.131 e. The molecule has 3 heteroatoms. The Balaban J connectivity index is 2.19. The van der Waals surface area contributed by atoms with Crippen LogP contribution in [0.3, 0.4) is 0 Å². The second-order valence-electron chi connectivity index (χ2n) is 4.74. The predicted octanol–water partition coefficient (Wildman–Crippen LogP) is 3.70. The quantitative estimate of drug-likeness (QED) is 0.827. The first kappa shape index (κ1) is 13.7. The Hall–Kier alpha value is -1.74. The van der Waals surface area contributed by atoms with Gasteiger partial charge in [0.1, 0.15) is 5.82 Å². The number of nitrogens with one attached hydrogen (secondary N) is 1. The predicted molar refractivity (Wildman–Crippen MR) is 76.4 cm³/mol. The van der Waals surface area contributed by atoms with Gasteiger partial charge in [0.25, 0.3) is 0 Å². The van der Waals surface area contributed by atoms with Crippen molar-refractivity contribution >= 4 is 0 Å². The van der Waals surface area contributed by atoms with Crippen LogP contribution in [0, 0.1) is 12.7 Å².